The lowest BCUT2D eigenvalue weighted by Gasteiger charge is -2.12. The van der Waals surface area contributed by atoms with Crippen molar-refractivity contribution in [2.45, 2.75) is 27.2 Å². The summed E-state index contributed by atoms with van der Waals surface area (Å²) in [6, 6.07) is 5.24. The van der Waals surface area contributed by atoms with Crippen LogP contribution < -0.4 is 0 Å². The van der Waals surface area contributed by atoms with Crippen molar-refractivity contribution in [3.8, 4) is 11.4 Å². The molecule has 20 heavy (non-hydrogen) atoms. The summed E-state index contributed by atoms with van der Waals surface area (Å²) in [5.74, 6) is -0.621. The maximum Gasteiger partial charge on any atom is 0.339 e. The molecule has 2 aromatic rings. The summed E-state index contributed by atoms with van der Waals surface area (Å²) < 4.78 is 1.51. The zero-order valence-corrected chi connectivity index (χ0v) is 11.8. The van der Waals surface area contributed by atoms with Crippen molar-refractivity contribution in [1.29, 1.82) is 0 Å². The zero-order valence-electron chi connectivity index (χ0n) is 11.8. The molecular weight excluding hydrogens is 256 g/mol. The Morgan fingerprint density at radius 3 is 2.65 bits per heavy atom. The Balaban J connectivity index is 2.58. The van der Waals surface area contributed by atoms with Crippen LogP contribution in [0.5, 0.6) is 5.75 Å². The number of rotatable bonds is 4. The van der Waals surface area contributed by atoms with E-state index >= 15 is 0 Å². The van der Waals surface area contributed by atoms with E-state index in [0.717, 1.165) is 5.56 Å². The summed E-state index contributed by atoms with van der Waals surface area (Å²) >= 11 is 0. The van der Waals surface area contributed by atoms with Crippen LogP contribution in [-0.2, 0) is 6.42 Å². The normalized spacial score (nSPS) is 11.0. The molecule has 0 spiro atoms. The molecule has 0 bridgehead atoms. The minimum atomic E-state index is -1.00. The number of aromatic nitrogens is 2. The van der Waals surface area contributed by atoms with Crippen LogP contribution >= 0.6 is 0 Å². The number of carbonyl (C=O) groups is 1. The fourth-order valence-electron chi connectivity index (χ4n) is 2.16. The third-order valence-electron chi connectivity index (χ3n) is 3.06. The molecule has 0 saturated carbocycles. The Morgan fingerprint density at radius 2 is 2.10 bits per heavy atom. The second-order valence-electron chi connectivity index (χ2n) is 5.31. The van der Waals surface area contributed by atoms with E-state index in [1.165, 1.54) is 10.9 Å². The number of phenolic OH excluding ortho intramolecular Hbond substituents is 1. The van der Waals surface area contributed by atoms with Crippen LogP contribution in [0.2, 0.25) is 0 Å². The number of hydrogen-bond acceptors (Lipinski definition) is 3. The monoisotopic (exact) mass is 274 g/mol. The van der Waals surface area contributed by atoms with Crippen molar-refractivity contribution in [2.75, 3.05) is 0 Å². The van der Waals surface area contributed by atoms with E-state index in [-0.39, 0.29) is 17.2 Å². The van der Waals surface area contributed by atoms with Crippen molar-refractivity contribution in [3.05, 3.63) is 41.2 Å². The minimum absolute atomic E-state index is 0.0926. The highest BCUT2D eigenvalue weighted by Crippen LogP contribution is 2.26. The molecule has 0 atom stereocenters. The molecule has 2 rings (SSSR count). The van der Waals surface area contributed by atoms with E-state index in [1.54, 1.807) is 12.1 Å². The number of carboxylic acids is 1. The molecule has 1 aromatic heterocycles. The van der Waals surface area contributed by atoms with Gasteiger partial charge < -0.3 is 10.2 Å². The molecule has 1 aromatic carbocycles. The van der Waals surface area contributed by atoms with Crippen molar-refractivity contribution in [1.82, 2.24) is 9.78 Å². The molecule has 1 heterocycles. The lowest BCUT2D eigenvalue weighted by molar-refractivity contribution is 0.0695. The molecule has 0 unspecified atom stereocenters. The smallest absolute Gasteiger partial charge is 0.339 e. The van der Waals surface area contributed by atoms with E-state index in [9.17, 15) is 15.0 Å². The number of aryl methyl sites for hydroxylation is 1. The maximum absolute atomic E-state index is 11.3. The standard InChI is InChI=1S/C15H18N2O3/c1-9(2)6-13-11(15(19)20)8-16-17(13)12-5-4-10(3)7-14(12)18/h4-5,7-9,18H,6H2,1-3H3,(H,19,20). The van der Waals surface area contributed by atoms with Gasteiger partial charge in [-0.15, -0.1) is 0 Å². The van der Waals surface area contributed by atoms with Crippen LogP contribution in [0.3, 0.4) is 0 Å². The SMILES string of the molecule is Cc1ccc(-n2ncc(C(=O)O)c2CC(C)C)c(O)c1. The number of aromatic hydroxyl groups is 1. The van der Waals surface area contributed by atoms with Gasteiger partial charge in [0.2, 0.25) is 0 Å². The molecule has 5 heteroatoms. The average Bonchev–Trinajstić information content (AvgIpc) is 2.72. The van der Waals surface area contributed by atoms with Crippen LogP contribution in [0, 0.1) is 12.8 Å². The summed E-state index contributed by atoms with van der Waals surface area (Å²) in [6.07, 6.45) is 1.91. The van der Waals surface area contributed by atoms with Gasteiger partial charge in [-0.3, -0.25) is 0 Å². The quantitative estimate of drug-likeness (QED) is 0.899. The van der Waals surface area contributed by atoms with Gasteiger partial charge in [0.1, 0.15) is 17.0 Å². The van der Waals surface area contributed by atoms with Gasteiger partial charge in [-0.2, -0.15) is 5.10 Å². The molecule has 0 aliphatic heterocycles. The van der Waals surface area contributed by atoms with Crippen LogP contribution in [0.15, 0.2) is 24.4 Å². The van der Waals surface area contributed by atoms with Gasteiger partial charge in [-0.25, -0.2) is 9.48 Å². The summed E-state index contributed by atoms with van der Waals surface area (Å²) in [4.78, 5) is 11.3. The first-order valence-corrected chi connectivity index (χ1v) is 6.50. The Morgan fingerprint density at radius 1 is 1.40 bits per heavy atom. The number of phenols is 1. The summed E-state index contributed by atoms with van der Waals surface area (Å²) in [7, 11) is 0. The first-order valence-electron chi connectivity index (χ1n) is 6.50. The minimum Gasteiger partial charge on any atom is -0.506 e. The highest BCUT2D eigenvalue weighted by atomic mass is 16.4. The third-order valence-corrected chi connectivity index (χ3v) is 3.06. The fraction of sp³-hybridized carbons (Fsp3) is 0.333. The Labute approximate surface area is 117 Å². The van der Waals surface area contributed by atoms with Crippen molar-refractivity contribution < 1.29 is 15.0 Å². The molecule has 2 N–H and O–H groups in total. The molecule has 0 aliphatic rings. The first kappa shape index (κ1) is 14.1. The first-order chi connectivity index (χ1) is 9.40. The summed E-state index contributed by atoms with van der Waals surface area (Å²) in [5.41, 5.74) is 2.21. The Kier molecular flexibility index (Phi) is 3.79. The highest BCUT2D eigenvalue weighted by Gasteiger charge is 2.19. The lowest BCUT2D eigenvalue weighted by Crippen LogP contribution is -2.09. The van der Waals surface area contributed by atoms with Gasteiger partial charge in [0.05, 0.1) is 11.9 Å². The maximum atomic E-state index is 11.3. The average molecular weight is 274 g/mol. The topological polar surface area (TPSA) is 75.4 Å². The number of carboxylic acid groups (broad SMARTS) is 1. The van der Waals surface area contributed by atoms with Crippen LogP contribution in [0.4, 0.5) is 0 Å². The van der Waals surface area contributed by atoms with Gasteiger partial charge in [0, 0.05) is 0 Å². The van der Waals surface area contributed by atoms with Gasteiger partial charge >= 0.3 is 5.97 Å². The molecule has 0 aliphatic carbocycles. The molecule has 0 fully saturated rings. The van der Waals surface area contributed by atoms with E-state index in [2.05, 4.69) is 5.10 Å². The Bertz CT molecular complexity index is 645. The van der Waals surface area contributed by atoms with Gasteiger partial charge in [-0.1, -0.05) is 19.9 Å². The molecule has 0 radical (unpaired) electrons. The number of nitrogens with zero attached hydrogens (tertiary/aromatic N) is 2. The second-order valence-corrected chi connectivity index (χ2v) is 5.31. The lowest BCUT2D eigenvalue weighted by atomic mass is 10.0. The second kappa shape index (κ2) is 5.36. The number of aromatic carboxylic acids is 1. The molecule has 0 amide bonds. The molecular formula is C15H18N2O3. The van der Waals surface area contributed by atoms with E-state index in [1.807, 2.05) is 26.8 Å². The zero-order chi connectivity index (χ0) is 14.9. The van der Waals surface area contributed by atoms with Crippen LogP contribution in [0.1, 0.15) is 35.5 Å². The van der Waals surface area contributed by atoms with E-state index in [0.29, 0.717) is 17.8 Å². The van der Waals surface area contributed by atoms with Gasteiger partial charge in [0.15, 0.2) is 0 Å². The predicted octanol–water partition coefficient (Wildman–Crippen LogP) is 2.78. The number of benzene rings is 1. The van der Waals surface area contributed by atoms with E-state index in [4.69, 9.17) is 0 Å². The van der Waals surface area contributed by atoms with Crippen LogP contribution in [0.25, 0.3) is 5.69 Å². The fourth-order valence-corrected chi connectivity index (χ4v) is 2.16. The molecule has 106 valence electrons. The predicted molar refractivity (Wildman–Crippen MR) is 75.5 cm³/mol. The van der Waals surface area contributed by atoms with Gasteiger partial charge in [-0.05, 0) is 37.0 Å². The number of hydrogen-bond donors (Lipinski definition) is 2. The highest BCUT2D eigenvalue weighted by molar-refractivity contribution is 5.88. The van der Waals surface area contributed by atoms with Crippen molar-refractivity contribution in [3.63, 3.8) is 0 Å². The molecule has 5 nitrogen and oxygen atoms in total. The third kappa shape index (κ3) is 2.66. The van der Waals surface area contributed by atoms with Gasteiger partial charge in [0.25, 0.3) is 0 Å². The van der Waals surface area contributed by atoms with Crippen LogP contribution in [-0.4, -0.2) is 26.0 Å². The van der Waals surface area contributed by atoms with Crippen molar-refractivity contribution >= 4 is 5.97 Å². The largest absolute Gasteiger partial charge is 0.506 e. The summed E-state index contributed by atoms with van der Waals surface area (Å²) in [6.45, 7) is 5.90. The Hall–Kier alpha value is -2.30. The summed E-state index contributed by atoms with van der Waals surface area (Å²) in [5, 5.41) is 23.4. The van der Waals surface area contributed by atoms with Crippen molar-refractivity contribution in [2.24, 2.45) is 5.92 Å². The molecule has 0 saturated heterocycles. The van der Waals surface area contributed by atoms with E-state index < -0.39 is 5.97 Å².